The van der Waals surface area contributed by atoms with Gasteiger partial charge in [-0.05, 0) is 42.5 Å². The van der Waals surface area contributed by atoms with Crippen molar-refractivity contribution in [2.75, 3.05) is 25.3 Å². The lowest BCUT2D eigenvalue weighted by molar-refractivity contribution is -0.113. The molecule has 32 heavy (non-hydrogen) atoms. The Balaban J connectivity index is 1.62. The van der Waals surface area contributed by atoms with Crippen LogP contribution in [0.2, 0.25) is 5.02 Å². The fourth-order valence-electron chi connectivity index (χ4n) is 2.99. The highest BCUT2D eigenvalue weighted by molar-refractivity contribution is 7.99. The number of fused-ring (bicyclic) bond motifs is 1. The Morgan fingerprint density at radius 3 is 2.66 bits per heavy atom. The van der Waals surface area contributed by atoms with Crippen LogP contribution in [0.4, 0.5) is 5.69 Å². The minimum Gasteiger partial charge on any atom is -0.497 e. The zero-order chi connectivity index (χ0) is 22.7. The number of carbonyl (C=O) groups is 1. The van der Waals surface area contributed by atoms with E-state index in [1.165, 1.54) is 17.9 Å². The minimum atomic E-state index is -0.331. The molecule has 2 aromatic heterocycles. The molecule has 4 rings (SSSR count). The molecule has 4 aromatic rings. The summed E-state index contributed by atoms with van der Waals surface area (Å²) in [6.45, 7) is 0. The van der Waals surface area contributed by atoms with Crippen LogP contribution in [0.3, 0.4) is 0 Å². The molecule has 0 radical (unpaired) electrons. The van der Waals surface area contributed by atoms with Crippen molar-refractivity contribution in [2.24, 2.45) is 0 Å². The normalized spacial score (nSPS) is 10.8. The summed E-state index contributed by atoms with van der Waals surface area (Å²) in [7, 11) is 3.08. The highest BCUT2D eigenvalue weighted by Gasteiger charge is 2.17. The molecule has 0 saturated carbocycles. The van der Waals surface area contributed by atoms with Gasteiger partial charge in [-0.3, -0.25) is 19.3 Å². The SMILES string of the molecule is COc1ccc(NC(=O)CSc2nc3[nH]ncc3c(=O)n2-c2ccc(OC)c(Cl)c2)cc1. The summed E-state index contributed by atoms with van der Waals surface area (Å²) in [4.78, 5) is 30.1. The summed E-state index contributed by atoms with van der Waals surface area (Å²) in [5, 5.41) is 10.4. The number of benzene rings is 2. The molecule has 0 aliphatic rings. The Bertz CT molecular complexity index is 1340. The monoisotopic (exact) mass is 471 g/mol. The van der Waals surface area contributed by atoms with Gasteiger partial charge in [-0.2, -0.15) is 5.10 Å². The van der Waals surface area contributed by atoms with E-state index in [1.807, 2.05) is 0 Å². The van der Waals surface area contributed by atoms with E-state index in [0.29, 0.717) is 44.1 Å². The lowest BCUT2D eigenvalue weighted by Crippen LogP contribution is -2.22. The van der Waals surface area contributed by atoms with E-state index in [-0.39, 0.29) is 17.2 Å². The minimum absolute atomic E-state index is 0.0298. The third-order valence-electron chi connectivity index (χ3n) is 4.55. The van der Waals surface area contributed by atoms with Crippen LogP contribution in [0.25, 0.3) is 16.7 Å². The number of hydrogen-bond donors (Lipinski definition) is 2. The van der Waals surface area contributed by atoms with Gasteiger partial charge in [-0.1, -0.05) is 23.4 Å². The van der Waals surface area contributed by atoms with E-state index in [0.717, 1.165) is 11.8 Å². The van der Waals surface area contributed by atoms with Crippen LogP contribution in [-0.4, -0.2) is 45.6 Å². The van der Waals surface area contributed by atoms with E-state index < -0.39 is 0 Å². The van der Waals surface area contributed by atoms with Crippen molar-refractivity contribution in [3.63, 3.8) is 0 Å². The van der Waals surface area contributed by atoms with Crippen LogP contribution in [0.5, 0.6) is 11.5 Å². The number of thioether (sulfide) groups is 1. The second-order valence-electron chi connectivity index (χ2n) is 6.55. The van der Waals surface area contributed by atoms with Crippen LogP contribution in [0, 0.1) is 0 Å². The fraction of sp³-hybridized carbons (Fsp3) is 0.143. The van der Waals surface area contributed by atoms with Gasteiger partial charge in [0.25, 0.3) is 5.56 Å². The van der Waals surface area contributed by atoms with E-state index in [2.05, 4.69) is 20.5 Å². The standard InChI is InChI=1S/C21H18ClN5O4S/c1-30-14-6-3-12(4-7-14)24-18(28)11-32-21-25-19-15(10-23-26-19)20(29)27(21)13-5-8-17(31-2)16(22)9-13/h3-10H,11H2,1-2H3,(H,23,26)(H,24,28). The van der Waals surface area contributed by atoms with Gasteiger partial charge in [0.1, 0.15) is 16.9 Å². The molecule has 11 heteroatoms. The average Bonchev–Trinajstić information content (AvgIpc) is 3.27. The number of rotatable bonds is 7. The van der Waals surface area contributed by atoms with Crippen molar-refractivity contribution < 1.29 is 14.3 Å². The van der Waals surface area contributed by atoms with E-state index >= 15 is 0 Å². The Hall–Kier alpha value is -3.50. The smallest absolute Gasteiger partial charge is 0.269 e. The zero-order valence-electron chi connectivity index (χ0n) is 17.1. The second-order valence-corrected chi connectivity index (χ2v) is 7.90. The van der Waals surface area contributed by atoms with Crippen molar-refractivity contribution in [3.05, 3.63) is 64.0 Å². The Morgan fingerprint density at radius 1 is 1.19 bits per heavy atom. The van der Waals surface area contributed by atoms with Crippen molar-refractivity contribution in [2.45, 2.75) is 5.16 Å². The van der Waals surface area contributed by atoms with Crippen LogP contribution in [0.1, 0.15) is 0 Å². The van der Waals surface area contributed by atoms with Crippen LogP contribution < -0.4 is 20.3 Å². The van der Waals surface area contributed by atoms with Gasteiger partial charge in [0.05, 0.1) is 36.9 Å². The molecular weight excluding hydrogens is 454 g/mol. The van der Waals surface area contributed by atoms with Gasteiger partial charge in [-0.25, -0.2) is 4.98 Å². The molecule has 164 valence electrons. The first-order valence-corrected chi connectivity index (χ1v) is 10.7. The van der Waals surface area contributed by atoms with E-state index in [1.54, 1.807) is 49.6 Å². The third kappa shape index (κ3) is 4.41. The summed E-state index contributed by atoms with van der Waals surface area (Å²) < 4.78 is 11.7. The summed E-state index contributed by atoms with van der Waals surface area (Å²) >= 11 is 7.38. The maximum atomic E-state index is 13.1. The predicted octanol–water partition coefficient (Wildman–Crippen LogP) is 3.51. The molecule has 2 aromatic carbocycles. The van der Waals surface area contributed by atoms with Crippen molar-refractivity contribution in [3.8, 4) is 17.2 Å². The highest BCUT2D eigenvalue weighted by atomic mass is 35.5. The Kier molecular flexibility index (Phi) is 6.33. The number of methoxy groups -OCH3 is 2. The first kappa shape index (κ1) is 21.7. The van der Waals surface area contributed by atoms with Crippen molar-refractivity contribution in [1.82, 2.24) is 19.7 Å². The number of nitrogens with one attached hydrogen (secondary N) is 2. The summed E-state index contributed by atoms with van der Waals surface area (Å²) in [5.41, 5.74) is 1.13. The predicted molar refractivity (Wildman–Crippen MR) is 123 cm³/mol. The largest absolute Gasteiger partial charge is 0.497 e. The average molecular weight is 472 g/mol. The molecule has 0 bridgehead atoms. The first-order valence-electron chi connectivity index (χ1n) is 9.37. The molecule has 0 aliphatic carbocycles. The van der Waals surface area contributed by atoms with E-state index in [9.17, 15) is 9.59 Å². The Labute approximate surface area is 191 Å². The first-order chi connectivity index (χ1) is 15.5. The number of amides is 1. The van der Waals surface area contributed by atoms with Gasteiger partial charge in [-0.15, -0.1) is 0 Å². The maximum Gasteiger partial charge on any atom is 0.269 e. The number of aromatic amines is 1. The quantitative estimate of drug-likeness (QED) is 0.313. The number of aromatic nitrogens is 4. The number of ether oxygens (including phenoxy) is 2. The number of nitrogens with zero attached hydrogens (tertiary/aromatic N) is 3. The number of hydrogen-bond acceptors (Lipinski definition) is 7. The van der Waals surface area contributed by atoms with Crippen LogP contribution in [0.15, 0.2) is 58.6 Å². The summed E-state index contributed by atoms with van der Waals surface area (Å²) in [5.74, 6) is 0.950. The summed E-state index contributed by atoms with van der Waals surface area (Å²) in [6, 6.07) is 12.0. The molecule has 9 nitrogen and oxygen atoms in total. The molecular formula is C21H18ClN5O4S. The Morgan fingerprint density at radius 2 is 1.97 bits per heavy atom. The zero-order valence-corrected chi connectivity index (χ0v) is 18.7. The van der Waals surface area contributed by atoms with Crippen molar-refractivity contribution >= 4 is 46.0 Å². The molecule has 2 heterocycles. The van der Waals surface area contributed by atoms with Gasteiger partial charge in [0.2, 0.25) is 5.91 Å². The second kappa shape index (κ2) is 9.33. The molecule has 0 unspecified atom stereocenters. The molecule has 0 spiro atoms. The highest BCUT2D eigenvalue weighted by Crippen LogP contribution is 2.28. The maximum absolute atomic E-state index is 13.1. The molecule has 0 atom stereocenters. The number of carbonyl (C=O) groups excluding carboxylic acids is 1. The number of anilines is 1. The van der Waals surface area contributed by atoms with Gasteiger partial charge in [0, 0.05) is 5.69 Å². The van der Waals surface area contributed by atoms with Crippen molar-refractivity contribution in [1.29, 1.82) is 0 Å². The van der Waals surface area contributed by atoms with Gasteiger partial charge >= 0.3 is 0 Å². The van der Waals surface area contributed by atoms with Gasteiger partial charge < -0.3 is 14.8 Å². The third-order valence-corrected chi connectivity index (χ3v) is 5.79. The molecule has 0 aliphatic heterocycles. The molecule has 0 saturated heterocycles. The molecule has 1 amide bonds. The molecule has 2 N–H and O–H groups in total. The number of halogens is 1. The van der Waals surface area contributed by atoms with Gasteiger partial charge in [0.15, 0.2) is 10.8 Å². The van der Waals surface area contributed by atoms with Crippen LogP contribution in [-0.2, 0) is 4.79 Å². The van der Waals surface area contributed by atoms with Crippen LogP contribution >= 0.6 is 23.4 Å². The lowest BCUT2D eigenvalue weighted by atomic mass is 10.3. The fourth-order valence-corrected chi connectivity index (χ4v) is 4.05. The topological polar surface area (TPSA) is 111 Å². The lowest BCUT2D eigenvalue weighted by Gasteiger charge is -2.13. The number of H-pyrrole nitrogens is 1. The summed E-state index contributed by atoms with van der Waals surface area (Å²) in [6.07, 6.45) is 1.41. The molecule has 0 fully saturated rings. The van der Waals surface area contributed by atoms with E-state index in [4.69, 9.17) is 21.1 Å².